The van der Waals surface area contributed by atoms with Crippen LogP contribution in [0.4, 0.5) is 306 Å². The van der Waals surface area contributed by atoms with Crippen molar-refractivity contribution in [1.29, 1.82) is 0 Å². The van der Waals surface area contributed by atoms with Crippen LogP contribution >= 0.6 is 0 Å². The predicted molar refractivity (Wildman–Crippen MR) is 258 cm³/mol. The molecule has 0 amide bonds. The van der Waals surface area contributed by atoms with E-state index in [9.17, 15) is 246 Å². The maximum absolute atomic E-state index is 15.1. The summed E-state index contributed by atoms with van der Waals surface area (Å²) in [7, 11) is 0. The van der Waals surface area contributed by atoms with Crippen LogP contribution in [0.2, 0.25) is 0 Å². The van der Waals surface area contributed by atoms with E-state index in [4.69, 9.17) is 0 Å². The predicted octanol–water partition coefficient (Wildman–Crippen LogP) is 21.1. The molecule has 1 unspecified atom stereocenters. The molecule has 1 saturated heterocycles. The highest BCUT2D eigenvalue weighted by Crippen LogP contribution is 2.69. The van der Waals surface area contributed by atoms with Crippen molar-refractivity contribution in [2.75, 3.05) is 55.9 Å². The van der Waals surface area contributed by atoms with Crippen molar-refractivity contribution in [2.24, 2.45) is 0 Å². The van der Waals surface area contributed by atoms with E-state index in [1.54, 1.807) is 0 Å². The fourth-order valence-corrected chi connectivity index (χ4v) is 8.55. The van der Waals surface area contributed by atoms with E-state index in [0.29, 0.717) is 0 Å². The molecule has 746 valence electrons. The van der Waals surface area contributed by atoms with Gasteiger partial charge in [0.15, 0.2) is 26.4 Å². The van der Waals surface area contributed by atoms with Crippen molar-refractivity contribution < 1.29 is 313 Å². The third-order valence-corrected chi connectivity index (χ3v) is 16.2. The van der Waals surface area contributed by atoms with E-state index < -0.39 is 302 Å². The summed E-state index contributed by atoms with van der Waals surface area (Å²) >= 11 is 0. The van der Waals surface area contributed by atoms with Gasteiger partial charge in [-0.05, 0) is 6.42 Å². The Morgan fingerprint density at radius 1 is 0.213 bits per heavy atom. The normalized spacial score (nSPS) is 17.4. The van der Waals surface area contributed by atoms with Gasteiger partial charge in [-0.1, -0.05) is 0 Å². The standard InChI is InChI=1S/C48H21F67N8O4/c49-10(50)24(65,66)33(84,85)41(100,101)45(108,109)37(92,93)29(76,77)20(57,58)5-124-16-116-14(117-17(120-16)125-6-21(59,60)30(78,79)38(94,95)46(110,111)42(102,103)34(86,87)25(67,68)11(51)52)122-2-1-9(28(73,74)75)123(4-3-122)15-118-18(126-7-22(61,62)31(80,81)39(96,97)47(112,113)43(104,105)35(88,89)26(69,70)12(53)54)121-19(119-15)127-8-23(63,64)32(82,83)40(98,99)48(114,115)44(106,107)36(90,91)27(71,72)13(55)56/h9-13H,1-8H2. The summed E-state index contributed by atoms with van der Waals surface area (Å²) in [6.45, 7) is -26.2. The van der Waals surface area contributed by atoms with Gasteiger partial charge < -0.3 is 28.7 Å². The number of aromatic nitrogens is 6. The average Bonchev–Trinajstić information content (AvgIpc) is 0.965. The van der Waals surface area contributed by atoms with Crippen LogP contribution in [0.15, 0.2) is 0 Å². The van der Waals surface area contributed by atoms with Gasteiger partial charge in [-0.15, -0.1) is 9.97 Å². The lowest BCUT2D eigenvalue weighted by Crippen LogP contribution is -2.74. The third-order valence-electron chi connectivity index (χ3n) is 16.2. The average molecular weight is 2050 g/mol. The number of hydrogen-bond donors (Lipinski definition) is 0. The molecule has 0 radical (unpaired) electrons. The minimum atomic E-state index is -9.47. The molecule has 1 aliphatic rings. The molecule has 0 aliphatic carbocycles. The highest BCUT2D eigenvalue weighted by molar-refractivity contribution is 5.40. The number of alkyl halides is 67. The van der Waals surface area contributed by atoms with Crippen LogP contribution in [0.25, 0.3) is 0 Å². The summed E-state index contributed by atoms with van der Waals surface area (Å²) in [6, 6.07) is -18.1. The number of rotatable bonds is 42. The first-order chi connectivity index (χ1) is 55.1. The number of anilines is 2. The summed E-state index contributed by atoms with van der Waals surface area (Å²) < 4.78 is 962. The first-order valence-corrected chi connectivity index (χ1v) is 29.5. The summed E-state index contributed by atoms with van der Waals surface area (Å²) in [4.78, 5) is 10.6. The number of halogens is 67. The Morgan fingerprint density at radius 2 is 0.378 bits per heavy atom. The molecule has 3 heterocycles. The Morgan fingerprint density at radius 3 is 0.551 bits per heavy atom. The number of ether oxygens (including phenoxy) is 4. The van der Waals surface area contributed by atoms with Crippen LogP contribution < -0.4 is 28.7 Å². The third kappa shape index (κ3) is 16.8. The van der Waals surface area contributed by atoms with Gasteiger partial charge in [-0.3, -0.25) is 0 Å². The van der Waals surface area contributed by atoms with Crippen molar-refractivity contribution in [1.82, 2.24) is 29.9 Å². The summed E-state index contributed by atoms with van der Waals surface area (Å²) in [5, 5.41) is 0. The van der Waals surface area contributed by atoms with Crippen LogP contribution in [0, 0.1) is 0 Å². The zero-order chi connectivity index (χ0) is 102. The van der Waals surface area contributed by atoms with Gasteiger partial charge in [-0.2, -0.15) is 279 Å². The summed E-state index contributed by atoms with van der Waals surface area (Å²) in [5.41, 5.74) is 0. The molecule has 1 aliphatic heterocycles. The van der Waals surface area contributed by atoms with Crippen LogP contribution in [0.1, 0.15) is 6.42 Å². The number of hydrogen-bond acceptors (Lipinski definition) is 12. The molecule has 0 aromatic carbocycles. The Bertz CT molecular complexity index is 3890. The van der Waals surface area contributed by atoms with Crippen molar-refractivity contribution in [2.45, 2.75) is 210 Å². The Labute approximate surface area is 645 Å². The van der Waals surface area contributed by atoms with Gasteiger partial charge in [-0.25, -0.2) is 35.1 Å². The van der Waals surface area contributed by atoms with E-state index in [1.165, 1.54) is 0 Å². The smallest absolute Gasteiger partial charge is 0.408 e. The molecule has 0 saturated carbocycles. The lowest BCUT2D eigenvalue weighted by atomic mass is 9.89. The summed E-state index contributed by atoms with van der Waals surface area (Å²) in [6.07, 6.45) is -35.6. The Kier molecular flexibility index (Phi) is 29.0. The molecule has 2 aromatic heterocycles. The molecule has 127 heavy (non-hydrogen) atoms. The maximum atomic E-state index is 15.1. The molecule has 0 bridgehead atoms. The maximum Gasteiger partial charge on any atom is 0.408 e. The second-order valence-corrected chi connectivity index (χ2v) is 24.6. The lowest BCUT2D eigenvalue weighted by Gasteiger charge is -2.42. The fourth-order valence-electron chi connectivity index (χ4n) is 8.55. The number of nitrogens with zero attached hydrogens (tertiary/aromatic N) is 8. The molecule has 0 N–H and O–H groups in total. The van der Waals surface area contributed by atoms with Crippen molar-refractivity contribution in [3.05, 3.63) is 0 Å². The summed E-state index contributed by atoms with van der Waals surface area (Å²) in [5.74, 6) is -255. The van der Waals surface area contributed by atoms with Crippen LogP contribution in [0.3, 0.4) is 0 Å². The van der Waals surface area contributed by atoms with Gasteiger partial charge in [0, 0.05) is 19.6 Å². The van der Waals surface area contributed by atoms with Crippen molar-refractivity contribution in [3.8, 4) is 24.0 Å². The molecule has 3 rings (SSSR count). The van der Waals surface area contributed by atoms with Crippen molar-refractivity contribution in [3.63, 3.8) is 0 Å². The zero-order valence-electron chi connectivity index (χ0n) is 56.6. The van der Waals surface area contributed by atoms with Gasteiger partial charge in [0.25, 0.3) is 0 Å². The molecule has 0 spiro atoms. The molecular formula is C48H21F67N8O4. The molecule has 79 heteroatoms. The Balaban J connectivity index is 2.57. The van der Waals surface area contributed by atoms with E-state index in [1.807, 2.05) is 9.97 Å². The minimum Gasteiger partial charge on any atom is -0.457 e. The van der Waals surface area contributed by atoms with E-state index in [-0.39, 0.29) is 0 Å². The SMILES string of the molecule is FC(F)C(F)(F)C(F)(F)C(F)(F)C(F)(F)C(F)(F)C(F)(F)C(F)(F)COc1nc(OCC(F)(F)C(F)(F)C(F)(F)C(F)(F)C(F)(F)C(F)(F)C(F)(F)C(F)F)nc(N2CCC(C(F)(F)F)N(c3nc(OCC(F)(F)C(F)(F)C(F)(F)C(F)(F)C(F)(F)C(F)(F)C(F)(F)C(F)F)nc(OCC(F)(F)C(F)(F)C(F)(F)C(F)(F)C(F)(F)C(F)(F)C(F)(F)C(F)F)n3)CC2)n1. The van der Waals surface area contributed by atoms with Crippen molar-refractivity contribution >= 4 is 11.9 Å². The second-order valence-electron chi connectivity index (χ2n) is 24.6. The molecule has 1 fully saturated rings. The second kappa shape index (κ2) is 32.6. The zero-order valence-corrected chi connectivity index (χ0v) is 56.6. The van der Waals surface area contributed by atoms with Crippen LogP contribution in [-0.2, 0) is 0 Å². The molecule has 1 atom stereocenters. The van der Waals surface area contributed by atoms with Gasteiger partial charge in [0.1, 0.15) is 6.04 Å². The van der Waals surface area contributed by atoms with Gasteiger partial charge >= 0.3 is 222 Å². The van der Waals surface area contributed by atoms with Gasteiger partial charge in [0.05, 0.1) is 0 Å². The highest BCUT2D eigenvalue weighted by Gasteiger charge is 2.99. The highest BCUT2D eigenvalue weighted by atomic mass is 19.5. The Hall–Kier alpha value is -7.87. The van der Waals surface area contributed by atoms with E-state index in [2.05, 4.69) is 38.9 Å². The topological polar surface area (TPSA) is 121 Å². The van der Waals surface area contributed by atoms with Crippen LogP contribution in [0.5, 0.6) is 24.0 Å². The quantitative estimate of drug-likeness (QED) is 0.0589. The van der Waals surface area contributed by atoms with Gasteiger partial charge in [0.2, 0.25) is 11.9 Å². The lowest BCUT2D eigenvalue weighted by molar-refractivity contribution is -0.447. The fraction of sp³-hybridized carbons (Fsp3) is 0.875. The van der Waals surface area contributed by atoms with E-state index >= 15 is 48.3 Å². The molecular weight excluding hydrogens is 2030 g/mol. The largest absolute Gasteiger partial charge is 0.457 e. The first-order valence-electron chi connectivity index (χ1n) is 29.5. The van der Waals surface area contributed by atoms with E-state index in [0.717, 1.165) is 0 Å². The first kappa shape index (κ1) is 113. The monoisotopic (exact) mass is 2050 g/mol. The van der Waals surface area contributed by atoms with Crippen LogP contribution in [-0.4, -0.2) is 280 Å². The minimum absolute atomic E-state index is 0.812. The molecule has 12 nitrogen and oxygen atoms in total. The molecule has 2 aromatic rings.